The molecule has 1 aliphatic rings. The molecule has 0 fully saturated rings. The third kappa shape index (κ3) is 2.69. The van der Waals surface area contributed by atoms with Crippen molar-refractivity contribution in [2.24, 2.45) is 10.9 Å². The molecule has 106 valence electrons. The van der Waals surface area contributed by atoms with Crippen molar-refractivity contribution in [3.05, 3.63) is 65.1 Å². The summed E-state index contributed by atoms with van der Waals surface area (Å²) in [7, 11) is 0. The van der Waals surface area contributed by atoms with Crippen LogP contribution < -0.4 is 5.43 Å². The molecular formula is C17H15ClN2O. The van der Waals surface area contributed by atoms with Crippen molar-refractivity contribution in [2.75, 3.05) is 0 Å². The Morgan fingerprint density at radius 1 is 1.29 bits per heavy atom. The monoisotopic (exact) mass is 298 g/mol. The minimum absolute atomic E-state index is 0.0340. The van der Waals surface area contributed by atoms with Gasteiger partial charge in [-0.05, 0) is 24.6 Å². The predicted octanol–water partition coefficient (Wildman–Crippen LogP) is 4.03. The van der Waals surface area contributed by atoms with Crippen molar-refractivity contribution in [2.45, 2.75) is 13.3 Å². The summed E-state index contributed by atoms with van der Waals surface area (Å²) in [6, 6.07) is 9.20. The van der Waals surface area contributed by atoms with Crippen LogP contribution in [-0.2, 0) is 0 Å². The van der Waals surface area contributed by atoms with Crippen molar-refractivity contribution >= 4 is 33.4 Å². The van der Waals surface area contributed by atoms with Crippen LogP contribution in [-0.4, -0.2) is 9.74 Å². The first kappa shape index (κ1) is 13.8. The summed E-state index contributed by atoms with van der Waals surface area (Å²) in [6.07, 6.45) is 8.35. The van der Waals surface area contributed by atoms with Gasteiger partial charge in [0.25, 0.3) is 0 Å². The summed E-state index contributed by atoms with van der Waals surface area (Å²) in [4.78, 5) is 16.2. The summed E-state index contributed by atoms with van der Waals surface area (Å²) >= 11 is 6.08. The number of aromatic nitrogens is 1. The van der Waals surface area contributed by atoms with Gasteiger partial charge >= 0.3 is 0 Å². The third-order valence-electron chi connectivity index (χ3n) is 3.61. The molecule has 0 bridgehead atoms. The lowest BCUT2D eigenvalue weighted by atomic mass is 10.1. The third-order valence-corrected chi connectivity index (χ3v) is 4.08. The van der Waals surface area contributed by atoms with Crippen molar-refractivity contribution < 1.29 is 0 Å². The first-order chi connectivity index (χ1) is 10.2. The van der Waals surface area contributed by atoms with Crippen LogP contribution in [0, 0.1) is 5.92 Å². The minimum Gasteiger partial charge on any atom is -0.317 e. The van der Waals surface area contributed by atoms with Crippen LogP contribution in [0.25, 0.3) is 16.6 Å². The number of nitrogens with zero attached hydrogens (tertiary/aromatic N) is 2. The Kier molecular flexibility index (Phi) is 3.76. The van der Waals surface area contributed by atoms with Crippen LogP contribution >= 0.6 is 11.6 Å². The van der Waals surface area contributed by atoms with E-state index in [9.17, 15) is 4.79 Å². The van der Waals surface area contributed by atoms with Gasteiger partial charge in [-0.15, -0.1) is 0 Å². The van der Waals surface area contributed by atoms with Gasteiger partial charge in [0.2, 0.25) is 0 Å². The number of aliphatic imine (C=N–C) groups is 1. The van der Waals surface area contributed by atoms with Crippen molar-refractivity contribution in [1.29, 1.82) is 0 Å². The number of hydrogen-bond acceptors (Lipinski definition) is 2. The van der Waals surface area contributed by atoms with Gasteiger partial charge in [0.15, 0.2) is 5.43 Å². The molecule has 3 rings (SSSR count). The number of benzene rings is 1. The first-order valence-corrected chi connectivity index (χ1v) is 7.25. The number of halogens is 1. The smallest absolute Gasteiger partial charge is 0.189 e. The van der Waals surface area contributed by atoms with Gasteiger partial charge in [-0.3, -0.25) is 4.79 Å². The molecule has 0 saturated heterocycles. The SMILES string of the molecule is CC1C/C=C(n2ccc(=O)c3ccccc32)/C=C\N=C/1Cl. The zero-order chi connectivity index (χ0) is 14.8. The Bertz CT molecular complexity index is 830. The normalized spacial score (nSPS) is 25.3. The van der Waals surface area contributed by atoms with Gasteiger partial charge in [0.1, 0.15) is 5.17 Å². The van der Waals surface area contributed by atoms with Crippen molar-refractivity contribution in [3.63, 3.8) is 0 Å². The number of fused-ring (bicyclic) bond motifs is 1. The Hall–Kier alpha value is -2.13. The zero-order valence-corrected chi connectivity index (χ0v) is 12.4. The van der Waals surface area contributed by atoms with Gasteiger partial charge < -0.3 is 4.57 Å². The summed E-state index contributed by atoms with van der Waals surface area (Å²) in [5, 5.41) is 1.33. The second-order valence-corrected chi connectivity index (χ2v) is 5.49. The average Bonchev–Trinajstić information content (AvgIpc) is 2.50. The van der Waals surface area contributed by atoms with E-state index < -0.39 is 0 Å². The molecule has 0 amide bonds. The fourth-order valence-electron chi connectivity index (χ4n) is 2.38. The van der Waals surface area contributed by atoms with Gasteiger partial charge in [0.05, 0.1) is 5.52 Å². The lowest BCUT2D eigenvalue weighted by molar-refractivity contribution is 0.798. The fraction of sp³-hybridized carbons (Fsp3) is 0.176. The number of rotatable bonds is 1. The molecule has 0 saturated carbocycles. The van der Waals surface area contributed by atoms with Crippen LogP contribution in [0.15, 0.2) is 64.7 Å². The van der Waals surface area contributed by atoms with E-state index >= 15 is 0 Å². The van der Waals surface area contributed by atoms with Crippen LogP contribution in [0.5, 0.6) is 0 Å². The second-order valence-electron chi connectivity index (χ2n) is 5.10. The maximum Gasteiger partial charge on any atom is 0.189 e. The molecule has 0 spiro atoms. The molecule has 2 heterocycles. The number of allylic oxidation sites excluding steroid dienone is 3. The molecule has 21 heavy (non-hydrogen) atoms. The maximum atomic E-state index is 11.9. The molecule has 2 aromatic rings. The topological polar surface area (TPSA) is 34.4 Å². The summed E-state index contributed by atoms with van der Waals surface area (Å²) in [5.74, 6) is 0.192. The van der Waals surface area contributed by atoms with Crippen LogP contribution in [0.4, 0.5) is 0 Å². The minimum atomic E-state index is 0.0340. The van der Waals surface area contributed by atoms with Crippen LogP contribution in [0.1, 0.15) is 13.3 Å². The van der Waals surface area contributed by atoms with E-state index in [0.717, 1.165) is 17.6 Å². The fourth-order valence-corrected chi connectivity index (χ4v) is 2.53. The molecule has 0 radical (unpaired) electrons. The van der Waals surface area contributed by atoms with E-state index in [1.165, 1.54) is 0 Å². The molecule has 3 nitrogen and oxygen atoms in total. The Labute approximate surface area is 127 Å². The summed E-state index contributed by atoms with van der Waals surface area (Å²) in [6.45, 7) is 2.04. The Morgan fingerprint density at radius 2 is 2.10 bits per heavy atom. The molecule has 1 aliphatic heterocycles. The van der Waals surface area contributed by atoms with Gasteiger partial charge in [-0.1, -0.05) is 36.7 Å². The van der Waals surface area contributed by atoms with E-state index in [0.29, 0.717) is 10.6 Å². The molecule has 1 unspecified atom stereocenters. The molecular weight excluding hydrogens is 284 g/mol. The lowest BCUT2D eigenvalue weighted by Crippen LogP contribution is -2.09. The number of pyridine rings is 1. The Balaban J connectivity index is 2.17. The van der Waals surface area contributed by atoms with Gasteiger partial charge in [0, 0.05) is 35.5 Å². The molecule has 0 N–H and O–H groups in total. The highest BCUT2D eigenvalue weighted by Gasteiger charge is 2.10. The zero-order valence-electron chi connectivity index (χ0n) is 11.7. The molecule has 1 aromatic carbocycles. The first-order valence-electron chi connectivity index (χ1n) is 6.87. The maximum absolute atomic E-state index is 11.9. The number of para-hydroxylation sites is 1. The molecule has 0 aliphatic carbocycles. The average molecular weight is 299 g/mol. The second kappa shape index (κ2) is 5.70. The van der Waals surface area contributed by atoms with Crippen molar-refractivity contribution in [1.82, 2.24) is 4.57 Å². The quantitative estimate of drug-likeness (QED) is 0.782. The van der Waals surface area contributed by atoms with Crippen LogP contribution in [0.2, 0.25) is 0 Å². The van der Waals surface area contributed by atoms with Crippen molar-refractivity contribution in [3.8, 4) is 0 Å². The molecule has 4 heteroatoms. The predicted molar refractivity (Wildman–Crippen MR) is 88.7 cm³/mol. The highest BCUT2D eigenvalue weighted by molar-refractivity contribution is 6.65. The molecule has 1 aromatic heterocycles. The highest BCUT2D eigenvalue weighted by atomic mass is 35.5. The van der Waals surface area contributed by atoms with E-state index in [-0.39, 0.29) is 11.3 Å². The van der Waals surface area contributed by atoms with Crippen LogP contribution in [0.3, 0.4) is 0 Å². The van der Waals surface area contributed by atoms with E-state index in [1.807, 2.05) is 41.8 Å². The summed E-state index contributed by atoms with van der Waals surface area (Å²) < 4.78 is 2.01. The van der Waals surface area contributed by atoms with Gasteiger partial charge in [-0.25, -0.2) is 4.99 Å². The van der Waals surface area contributed by atoms with E-state index in [2.05, 4.69) is 11.1 Å². The number of hydrogen-bond donors (Lipinski definition) is 0. The molecule has 1 atom stereocenters. The largest absolute Gasteiger partial charge is 0.317 e. The standard InChI is InChI=1S/C17H15ClN2O/c1-12-6-7-13(8-10-19-17(12)18)20-11-9-16(21)14-4-2-3-5-15(14)20/h2-5,7-12H,6H2,1H3/b10-8-,13-7-,19-17+. The van der Waals surface area contributed by atoms with E-state index in [4.69, 9.17) is 11.6 Å². The van der Waals surface area contributed by atoms with E-state index in [1.54, 1.807) is 18.5 Å². The lowest BCUT2D eigenvalue weighted by Gasteiger charge is -2.14. The highest BCUT2D eigenvalue weighted by Crippen LogP contribution is 2.20. The van der Waals surface area contributed by atoms with Gasteiger partial charge in [-0.2, -0.15) is 0 Å². The Morgan fingerprint density at radius 3 is 2.95 bits per heavy atom. The summed E-state index contributed by atoms with van der Waals surface area (Å²) in [5.41, 5.74) is 1.92.